The van der Waals surface area contributed by atoms with Crippen molar-refractivity contribution in [3.63, 3.8) is 0 Å². The molecule has 1 aromatic heterocycles. The lowest BCUT2D eigenvalue weighted by atomic mass is 10.2. The van der Waals surface area contributed by atoms with Crippen molar-refractivity contribution in [2.24, 2.45) is 0 Å². The number of fused-ring (bicyclic) bond motifs is 1. The molecular weight excluding hydrogens is 336 g/mol. The van der Waals surface area contributed by atoms with Gasteiger partial charge in [0.1, 0.15) is 11.5 Å². The van der Waals surface area contributed by atoms with E-state index in [1.807, 2.05) is 56.3 Å². The van der Waals surface area contributed by atoms with Crippen molar-refractivity contribution in [3.05, 3.63) is 48.0 Å². The van der Waals surface area contributed by atoms with Crippen LogP contribution in [-0.2, 0) is 4.79 Å². The number of thiazole rings is 1. The van der Waals surface area contributed by atoms with Crippen molar-refractivity contribution in [1.82, 2.24) is 4.98 Å². The van der Waals surface area contributed by atoms with E-state index in [1.54, 1.807) is 0 Å². The number of aryl methyl sites for hydroxylation is 1. The van der Waals surface area contributed by atoms with Gasteiger partial charge in [-0.3, -0.25) is 4.79 Å². The van der Waals surface area contributed by atoms with E-state index in [0.717, 1.165) is 21.7 Å². The first kappa shape index (κ1) is 17.2. The number of hydrogen-bond acceptors (Lipinski definition) is 5. The van der Waals surface area contributed by atoms with Gasteiger partial charge in [0.15, 0.2) is 5.13 Å². The second-order valence-corrected chi connectivity index (χ2v) is 6.57. The van der Waals surface area contributed by atoms with Crippen molar-refractivity contribution in [2.75, 3.05) is 18.5 Å². The lowest BCUT2D eigenvalue weighted by Crippen LogP contribution is -2.15. The van der Waals surface area contributed by atoms with Crippen molar-refractivity contribution >= 4 is 32.6 Å². The summed E-state index contributed by atoms with van der Waals surface area (Å²) in [5.74, 6) is 1.46. The molecule has 3 rings (SSSR count). The average molecular weight is 356 g/mol. The number of carbonyl (C=O) groups excluding carboxylic acids is 1. The van der Waals surface area contributed by atoms with Gasteiger partial charge in [0.05, 0.1) is 29.9 Å². The van der Waals surface area contributed by atoms with Gasteiger partial charge >= 0.3 is 0 Å². The standard InChI is InChI=1S/C19H20N2O3S/c1-3-23-15-8-9-16-17(12-15)25-19(20-16)21-18(22)10-11-24-14-6-4-13(2)5-7-14/h4-9,12H,3,10-11H2,1-2H3,(H,20,21,22). The first-order valence-corrected chi connectivity index (χ1v) is 8.98. The molecule has 0 spiro atoms. The maximum Gasteiger partial charge on any atom is 0.229 e. The average Bonchev–Trinajstić information content (AvgIpc) is 2.98. The van der Waals surface area contributed by atoms with Gasteiger partial charge in [0.25, 0.3) is 0 Å². The van der Waals surface area contributed by atoms with E-state index in [-0.39, 0.29) is 12.3 Å². The zero-order chi connectivity index (χ0) is 17.6. The molecule has 0 bridgehead atoms. The molecule has 3 aromatic rings. The van der Waals surface area contributed by atoms with Crippen LogP contribution in [0, 0.1) is 6.92 Å². The minimum absolute atomic E-state index is 0.115. The largest absolute Gasteiger partial charge is 0.494 e. The van der Waals surface area contributed by atoms with Crippen LogP contribution in [0.15, 0.2) is 42.5 Å². The number of benzene rings is 2. The molecule has 0 atom stereocenters. The third-order valence-corrected chi connectivity index (χ3v) is 4.47. The molecule has 5 nitrogen and oxygen atoms in total. The number of anilines is 1. The van der Waals surface area contributed by atoms with Crippen LogP contribution in [-0.4, -0.2) is 24.1 Å². The molecule has 0 fully saturated rings. The molecule has 0 saturated carbocycles. The molecule has 1 heterocycles. The zero-order valence-corrected chi connectivity index (χ0v) is 15.1. The normalized spacial score (nSPS) is 10.6. The first-order chi connectivity index (χ1) is 12.1. The molecule has 25 heavy (non-hydrogen) atoms. The first-order valence-electron chi connectivity index (χ1n) is 8.17. The summed E-state index contributed by atoms with van der Waals surface area (Å²) in [4.78, 5) is 16.5. The Morgan fingerprint density at radius 3 is 2.64 bits per heavy atom. The van der Waals surface area contributed by atoms with Crippen LogP contribution >= 0.6 is 11.3 Å². The molecule has 6 heteroatoms. The molecule has 0 aliphatic carbocycles. The van der Waals surface area contributed by atoms with Crippen LogP contribution in [0.1, 0.15) is 18.9 Å². The smallest absolute Gasteiger partial charge is 0.229 e. The SMILES string of the molecule is CCOc1ccc2nc(NC(=O)CCOc3ccc(C)cc3)sc2c1. The molecular formula is C19H20N2O3S. The Bertz CT molecular complexity index is 859. The van der Waals surface area contributed by atoms with Gasteiger partial charge in [-0.25, -0.2) is 4.98 Å². The molecule has 0 aliphatic heterocycles. The Morgan fingerprint density at radius 2 is 1.88 bits per heavy atom. The number of amides is 1. The summed E-state index contributed by atoms with van der Waals surface area (Å²) in [6.45, 7) is 4.91. The van der Waals surface area contributed by atoms with Gasteiger partial charge in [-0.05, 0) is 44.2 Å². The molecule has 0 aliphatic rings. The fourth-order valence-corrected chi connectivity index (χ4v) is 3.20. The minimum Gasteiger partial charge on any atom is -0.494 e. The third-order valence-electron chi connectivity index (χ3n) is 3.54. The van der Waals surface area contributed by atoms with E-state index >= 15 is 0 Å². The van der Waals surface area contributed by atoms with Gasteiger partial charge in [-0.2, -0.15) is 0 Å². The van der Waals surface area contributed by atoms with E-state index < -0.39 is 0 Å². The summed E-state index contributed by atoms with van der Waals surface area (Å²) >= 11 is 1.43. The summed E-state index contributed by atoms with van der Waals surface area (Å²) < 4.78 is 12.0. The molecule has 0 radical (unpaired) electrons. The highest BCUT2D eigenvalue weighted by atomic mass is 32.1. The molecule has 0 saturated heterocycles. The number of ether oxygens (including phenoxy) is 2. The van der Waals surface area contributed by atoms with Gasteiger partial charge in [0, 0.05) is 0 Å². The highest BCUT2D eigenvalue weighted by Gasteiger charge is 2.09. The van der Waals surface area contributed by atoms with Crippen molar-refractivity contribution < 1.29 is 14.3 Å². The summed E-state index contributed by atoms with van der Waals surface area (Å²) in [7, 11) is 0. The highest BCUT2D eigenvalue weighted by molar-refractivity contribution is 7.22. The predicted octanol–water partition coefficient (Wildman–Crippen LogP) is 4.41. The number of hydrogen-bond donors (Lipinski definition) is 1. The highest BCUT2D eigenvalue weighted by Crippen LogP contribution is 2.29. The summed E-state index contributed by atoms with van der Waals surface area (Å²) in [5, 5.41) is 3.41. The Labute approximate surface area is 150 Å². The molecule has 1 N–H and O–H groups in total. The summed E-state index contributed by atoms with van der Waals surface area (Å²) in [6, 6.07) is 13.5. The molecule has 1 amide bonds. The van der Waals surface area contributed by atoms with Crippen LogP contribution in [0.4, 0.5) is 5.13 Å². The van der Waals surface area contributed by atoms with E-state index in [2.05, 4.69) is 10.3 Å². The van der Waals surface area contributed by atoms with Crippen molar-refractivity contribution in [2.45, 2.75) is 20.3 Å². The summed E-state index contributed by atoms with van der Waals surface area (Å²) in [5.41, 5.74) is 2.02. The van der Waals surface area contributed by atoms with E-state index in [4.69, 9.17) is 9.47 Å². The second kappa shape index (κ2) is 7.98. The predicted molar refractivity (Wildman–Crippen MR) is 101 cm³/mol. The number of aromatic nitrogens is 1. The maximum atomic E-state index is 12.1. The number of carbonyl (C=O) groups is 1. The van der Waals surface area contributed by atoms with Crippen LogP contribution < -0.4 is 14.8 Å². The lowest BCUT2D eigenvalue weighted by molar-refractivity contribution is -0.116. The quantitative estimate of drug-likeness (QED) is 0.681. The van der Waals surface area contributed by atoms with Crippen molar-refractivity contribution in [3.8, 4) is 11.5 Å². The topological polar surface area (TPSA) is 60.5 Å². The zero-order valence-electron chi connectivity index (χ0n) is 14.2. The van der Waals surface area contributed by atoms with Crippen LogP contribution in [0.25, 0.3) is 10.2 Å². The Kier molecular flexibility index (Phi) is 5.50. The molecule has 0 unspecified atom stereocenters. The molecule has 2 aromatic carbocycles. The Morgan fingerprint density at radius 1 is 1.12 bits per heavy atom. The third kappa shape index (κ3) is 4.70. The van der Waals surface area contributed by atoms with Crippen LogP contribution in [0.3, 0.4) is 0 Å². The monoisotopic (exact) mass is 356 g/mol. The van der Waals surface area contributed by atoms with Gasteiger partial charge in [0.2, 0.25) is 5.91 Å². The van der Waals surface area contributed by atoms with E-state index in [9.17, 15) is 4.79 Å². The maximum absolute atomic E-state index is 12.1. The van der Waals surface area contributed by atoms with Gasteiger partial charge < -0.3 is 14.8 Å². The van der Waals surface area contributed by atoms with Crippen LogP contribution in [0.5, 0.6) is 11.5 Å². The fourth-order valence-electron chi connectivity index (χ4n) is 2.29. The minimum atomic E-state index is -0.115. The van der Waals surface area contributed by atoms with E-state index in [1.165, 1.54) is 16.9 Å². The second-order valence-electron chi connectivity index (χ2n) is 5.54. The van der Waals surface area contributed by atoms with Gasteiger partial charge in [-0.1, -0.05) is 29.0 Å². The fraction of sp³-hybridized carbons (Fsp3) is 0.263. The van der Waals surface area contributed by atoms with E-state index in [0.29, 0.717) is 18.3 Å². The Hall–Kier alpha value is -2.60. The summed E-state index contributed by atoms with van der Waals surface area (Å²) in [6.07, 6.45) is 0.272. The van der Waals surface area contributed by atoms with Crippen molar-refractivity contribution in [1.29, 1.82) is 0 Å². The van der Waals surface area contributed by atoms with Crippen LogP contribution in [0.2, 0.25) is 0 Å². The number of nitrogens with one attached hydrogen (secondary N) is 1. The Balaban J connectivity index is 1.53. The molecule has 130 valence electrons. The number of rotatable bonds is 7. The lowest BCUT2D eigenvalue weighted by Gasteiger charge is -2.06. The number of nitrogens with zero attached hydrogens (tertiary/aromatic N) is 1. The van der Waals surface area contributed by atoms with Gasteiger partial charge in [-0.15, -0.1) is 0 Å².